The summed E-state index contributed by atoms with van der Waals surface area (Å²) in [6.45, 7) is 8.98. The van der Waals surface area contributed by atoms with Gasteiger partial charge >= 0.3 is 0 Å². The molecule has 0 radical (unpaired) electrons. The van der Waals surface area contributed by atoms with Crippen LogP contribution in [0.25, 0.3) is 0 Å². The Labute approximate surface area is 105 Å². The molecule has 1 aromatic carbocycles. The third kappa shape index (κ3) is 4.39. The van der Waals surface area contributed by atoms with Crippen molar-refractivity contribution in [1.29, 1.82) is 0 Å². The number of hydrogen-bond donors (Lipinski definition) is 1. The molecule has 0 aromatic heterocycles. The van der Waals surface area contributed by atoms with Gasteiger partial charge in [-0.3, -0.25) is 0 Å². The Morgan fingerprint density at radius 3 is 2.53 bits per heavy atom. The molecular weight excluding hydrogens is 212 g/mol. The van der Waals surface area contributed by atoms with Gasteiger partial charge in [-0.05, 0) is 44.7 Å². The minimum absolute atomic E-state index is 0.418. The molecule has 17 heavy (non-hydrogen) atoms. The van der Waals surface area contributed by atoms with E-state index in [1.54, 1.807) is 0 Å². The molecule has 0 amide bonds. The smallest absolute Gasteiger partial charge is 0.125 e. The summed E-state index contributed by atoms with van der Waals surface area (Å²) in [6.07, 6.45) is 1.40. The summed E-state index contributed by atoms with van der Waals surface area (Å²) < 4.78 is 5.56. The second kappa shape index (κ2) is 6.65. The first-order valence-corrected chi connectivity index (χ1v) is 6.46. The second-order valence-corrected chi connectivity index (χ2v) is 4.96. The maximum atomic E-state index is 10.2. The van der Waals surface area contributed by atoms with E-state index in [9.17, 15) is 5.11 Å². The highest BCUT2D eigenvalue weighted by molar-refractivity contribution is 5.38. The molecule has 2 nitrogen and oxygen atoms in total. The molecule has 0 fully saturated rings. The van der Waals surface area contributed by atoms with Crippen LogP contribution in [0.3, 0.4) is 0 Å². The molecule has 1 aromatic rings. The summed E-state index contributed by atoms with van der Waals surface area (Å²) in [5, 5.41) is 10.2. The molecule has 1 unspecified atom stereocenters. The number of benzene rings is 1. The van der Waals surface area contributed by atoms with Gasteiger partial charge in [-0.15, -0.1) is 0 Å². The summed E-state index contributed by atoms with van der Waals surface area (Å²) in [7, 11) is 0. The maximum Gasteiger partial charge on any atom is 0.125 e. The first kappa shape index (κ1) is 14.0. The van der Waals surface area contributed by atoms with E-state index in [1.165, 1.54) is 0 Å². The number of ether oxygens (including phenoxy) is 1. The number of aliphatic hydroxyl groups excluding tert-OH is 1. The van der Waals surface area contributed by atoms with Gasteiger partial charge in [0.1, 0.15) is 5.75 Å². The number of aryl methyl sites for hydroxylation is 1. The second-order valence-electron chi connectivity index (χ2n) is 4.96. The number of aliphatic hydroxyl groups is 1. The summed E-state index contributed by atoms with van der Waals surface area (Å²) in [4.78, 5) is 0. The zero-order valence-corrected chi connectivity index (χ0v) is 11.4. The largest absolute Gasteiger partial charge is 0.493 e. The van der Waals surface area contributed by atoms with Crippen molar-refractivity contribution in [3.8, 4) is 5.75 Å². The highest BCUT2D eigenvalue weighted by Crippen LogP contribution is 2.30. The van der Waals surface area contributed by atoms with Gasteiger partial charge in [0.15, 0.2) is 0 Å². The minimum atomic E-state index is -0.418. The average molecular weight is 236 g/mol. The Hall–Kier alpha value is -1.02. The molecule has 2 heteroatoms. The molecule has 1 atom stereocenters. The third-order valence-electron chi connectivity index (χ3n) is 2.84. The van der Waals surface area contributed by atoms with Crippen LogP contribution in [0.15, 0.2) is 18.2 Å². The van der Waals surface area contributed by atoms with E-state index < -0.39 is 6.10 Å². The highest BCUT2D eigenvalue weighted by atomic mass is 16.5. The Kier molecular flexibility index (Phi) is 5.49. The molecule has 0 saturated carbocycles. The molecule has 96 valence electrons. The average Bonchev–Trinajstić information content (AvgIpc) is 2.28. The lowest BCUT2D eigenvalue weighted by molar-refractivity contribution is 0.154. The molecular formula is C15H24O2. The molecule has 0 saturated heterocycles. The molecule has 0 aliphatic rings. The Balaban J connectivity index is 2.81. The van der Waals surface area contributed by atoms with E-state index >= 15 is 0 Å². The third-order valence-corrected chi connectivity index (χ3v) is 2.84. The molecule has 0 aliphatic heterocycles. The summed E-state index contributed by atoms with van der Waals surface area (Å²) >= 11 is 0. The van der Waals surface area contributed by atoms with Crippen molar-refractivity contribution in [3.63, 3.8) is 0 Å². The number of rotatable bonds is 6. The predicted molar refractivity (Wildman–Crippen MR) is 71.4 cm³/mol. The Bertz CT molecular complexity index is 345. The maximum absolute atomic E-state index is 10.2. The van der Waals surface area contributed by atoms with Crippen molar-refractivity contribution in [2.45, 2.75) is 46.6 Å². The summed E-state index contributed by atoms with van der Waals surface area (Å²) in [5.41, 5.74) is 2.08. The summed E-state index contributed by atoms with van der Waals surface area (Å²) in [6, 6.07) is 5.99. The van der Waals surface area contributed by atoms with Gasteiger partial charge in [0.25, 0.3) is 0 Å². The highest BCUT2D eigenvalue weighted by Gasteiger charge is 2.14. The van der Waals surface area contributed by atoms with Crippen molar-refractivity contribution in [2.24, 2.45) is 5.92 Å². The van der Waals surface area contributed by atoms with Gasteiger partial charge in [0, 0.05) is 5.56 Å². The molecule has 1 rings (SSSR count). The molecule has 0 aliphatic carbocycles. The van der Waals surface area contributed by atoms with Gasteiger partial charge in [-0.1, -0.05) is 25.5 Å². The zero-order chi connectivity index (χ0) is 12.8. The van der Waals surface area contributed by atoms with Crippen molar-refractivity contribution in [1.82, 2.24) is 0 Å². The lowest BCUT2D eigenvalue weighted by atomic mass is 9.98. The van der Waals surface area contributed by atoms with Gasteiger partial charge in [-0.25, -0.2) is 0 Å². The lowest BCUT2D eigenvalue weighted by Crippen LogP contribution is -2.04. The van der Waals surface area contributed by atoms with Crippen LogP contribution in [-0.2, 0) is 0 Å². The molecule has 1 N–H and O–H groups in total. The molecule has 0 spiro atoms. The van der Waals surface area contributed by atoms with E-state index in [4.69, 9.17) is 4.74 Å². The van der Waals surface area contributed by atoms with Crippen LogP contribution >= 0.6 is 0 Å². The zero-order valence-electron chi connectivity index (χ0n) is 11.4. The lowest BCUT2D eigenvalue weighted by Gasteiger charge is -2.17. The molecule has 0 heterocycles. The van der Waals surface area contributed by atoms with E-state index in [0.717, 1.165) is 29.7 Å². The van der Waals surface area contributed by atoms with Crippen LogP contribution in [0, 0.1) is 12.8 Å². The normalized spacial score (nSPS) is 12.8. The van der Waals surface area contributed by atoms with Gasteiger partial charge in [-0.2, -0.15) is 0 Å². The van der Waals surface area contributed by atoms with Crippen LogP contribution < -0.4 is 4.74 Å². The van der Waals surface area contributed by atoms with Crippen LogP contribution in [0.5, 0.6) is 5.75 Å². The Morgan fingerprint density at radius 1 is 1.24 bits per heavy atom. The van der Waals surface area contributed by atoms with Crippen LogP contribution in [0.4, 0.5) is 0 Å². The molecule has 0 bridgehead atoms. The van der Waals surface area contributed by atoms with E-state index in [0.29, 0.717) is 12.5 Å². The fraction of sp³-hybridized carbons (Fsp3) is 0.600. The van der Waals surface area contributed by atoms with Crippen molar-refractivity contribution < 1.29 is 9.84 Å². The van der Waals surface area contributed by atoms with Crippen molar-refractivity contribution in [2.75, 3.05) is 6.61 Å². The van der Waals surface area contributed by atoms with Crippen LogP contribution in [-0.4, -0.2) is 11.7 Å². The van der Waals surface area contributed by atoms with E-state index in [2.05, 4.69) is 13.8 Å². The fourth-order valence-electron chi connectivity index (χ4n) is 1.86. The summed E-state index contributed by atoms with van der Waals surface area (Å²) in [5.74, 6) is 1.43. The first-order valence-electron chi connectivity index (χ1n) is 6.46. The Morgan fingerprint density at radius 2 is 1.94 bits per heavy atom. The SMILES string of the molecule is CCOc1ccc(C)cc1C(O)CCC(C)C. The fourth-order valence-corrected chi connectivity index (χ4v) is 1.86. The quantitative estimate of drug-likeness (QED) is 0.812. The monoisotopic (exact) mass is 236 g/mol. The predicted octanol–water partition coefficient (Wildman–Crippen LogP) is 3.86. The minimum Gasteiger partial charge on any atom is -0.493 e. The van der Waals surface area contributed by atoms with Crippen LogP contribution in [0.1, 0.15) is 50.8 Å². The number of hydrogen-bond acceptors (Lipinski definition) is 2. The van der Waals surface area contributed by atoms with Crippen LogP contribution in [0.2, 0.25) is 0 Å². The van der Waals surface area contributed by atoms with E-state index in [1.807, 2.05) is 32.0 Å². The standard InChI is InChI=1S/C15H24O2/c1-5-17-15-9-7-12(4)10-13(15)14(16)8-6-11(2)3/h7,9-11,14,16H,5-6,8H2,1-4H3. The van der Waals surface area contributed by atoms with E-state index in [-0.39, 0.29) is 0 Å². The van der Waals surface area contributed by atoms with Gasteiger partial charge in [0.2, 0.25) is 0 Å². The first-order chi connectivity index (χ1) is 8.04. The van der Waals surface area contributed by atoms with Crippen molar-refractivity contribution in [3.05, 3.63) is 29.3 Å². The van der Waals surface area contributed by atoms with Gasteiger partial charge in [0.05, 0.1) is 12.7 Å². The van der Waals surface area contributed by atoms with Crippen molar-refractivity contribution >= 4 is 0 Å². The van der Waals surface area contributed by atoms with Gasteiger partial charge < -0.3 is 9.84 Å². The topological polar surface area (TPSA) is 29.5 Å².